The summed E-state index contributed by atoms with van der Waals surface area (Å²) in [6, 6.07) is 15.0. The number of hydrogen-bond donors (Lipinski definition) is 0. The number of aromatic nitrogens is 2. The van der Waals surface area contributed by atoms with E-state index < -0.39 is 12.2 Å². The minimum absolute atomic E-state index is 0. The molecule has 0 aliphatic rings. The van der Waals surface area contributed by atoms with Gasteiger partial charge in [-0.1, -0.05) is 24.3 Å². The molecule has 4 rings (SSSR count). The smallest absolute Gasteiger partial charge is 0.410 e. The molecule has 2 heterocycles. The highest BCUT2D eigenvalue weighted by molar-refractivity contribution is 8.93. The maximum Gasteiger partial charge on any atom is 0.414 e. The van der Waals surface area contributed by atoms with Crippen LogP contribution in [0.15, 0.2) is 60.9 Å². The van der Waals surface area contributed by atoms with E-state index in [1.165, 1.54) is 9.80 Å². The lowest BCUT2D eigenvalue weighted by molar-refractivity contribution is 0.171. The SMILES string of the molecule is Br.Br.CN(C)C(=O)Oc1cccc2c(CCCc3nccc4c(OC(=O)N(C)C)cccc34)nccc12. The topological polar surface area (TPSA) is 84.9 Å². The second-order valence-corrected chi connectivity index (χ2v) is 8.60. The van der Waals surface area contributed by atoms with Crippen LogP contribution in [0, 0.1) is 0 Å². The van der Waals surface area contributed by atoms with Gasteiger partial charge >= 0.3 is 12.2 Å². The number of nitrogens with zero attached hydrogens (tertiary/aromatic N) is 4. The summed E-state index contributed by atoms with van der Waals surface area (Å²) in [6.07, 6.45) is 4.92. The number of aryl methyl sites for hydroxylation is 2. The van der Waals surface area contributed by atoms with Crippen molar-refractivity contribution >= 4 is 67.7 Å². The Bertz CT molecular complexity index is 1290. The first-order valence-corrected chi connectivity index (χ1v) is 11.4. The Morgan fingerprint density at radius 1 is 0.649 bits per heavy atom. The number of amides is 2. The van der Waals surface area contributed by atoms with Crippen LogP contribution >= 0.6 is 34.0 Å². The molecular formula is C27H30Br2N4O4. The summed E-state index contributed by atoms with van der Waals surface area (Å²) < 4.78 is 11.1. The number of pyridine rings is 2. The number of carbonyl (C=O) groups excluding carboxylic acids is 2. The van der Waals surface area contributed by atoms with Crippen molar-refractivity contribution in [3.63, 3.8) is 0 Å². The number of benzene rings is 2. The van der Waals surface area contributed by atoms with Crippen LogP contribution < -0.4 is 9.47 Å². The number of fused-ring (bicyclic) bond motifs is 2. The molecule has 2 aromatic carbocycles. The Labute approximate surface area is 237 Å². The van der Waals surface area contributed by atoms with Gasteiger partial charge < -0.3 is 19.3 Å². The first-order valence-electron chi connectivity index (χ1n) is 11.4. The molecule has 37 heavy (non-hydrogen) atoms. The first kappa shape index (κ1) is 30.0. The van der Waals surface area contributed by atoms with E-state index in [9.17, 15) is 9.59 Å². The predicted octanol–water partition coefficient (Wildman–Crippen LogP) is 6.23. The summed E-state index contributed by atoms with van der Waals surface area (Å²) in [5.74, 6) is 1.03. The van der Waals surface area contributed by atoms with Gasteiger partial charge in [0, 0.05) is 73.5 Å². The summed E-state index contributed by atoms with van der Waals surface area (Å²) in [5, 5.41) is 3.62. The summed E-state index contributed by atoms with van der Waals surface area (Å²) >= 11 is 0. The summed E-state index contributed by atoms with van der Waals surface area (Å²) in [7, 11) is 6.60. The Hall–Kier alpha value is -3.24. The van der Waals surface area contributed by atoms with E-state index in [-0.39, 0.29) is 34.0 Å². The molecule has 0 atom stereocenters. The van der Waals surface area contributed by atoms with Crippen molar-refractivity contribution in [1.29, 1.82) is 0 Å². The fourth-order valence-corrected chi connectivity index (χ4v) is 3.85. The lowest BCUT2D eigenvalue weighted by Gasteiger charge is -2.14. The average molecular weight is 634 g/mol. The molecule has 0 aliphatic heterocycles. The number of carbonyl (C=O) groups is 2. The van der Waals surface area contributed by atoms with Crippen molar-refractivity contribution in [2.45, 2.75) is 19.3 Å². The number of ether oxygens (including phenoxy) is 2. The minimum atomic E-state index is -0.423. The van der Waals surface area contributed by atoms with Crippen LogP contribution in [0.25, 0.3) is 21.5 Å². The van der Waals surface area contributed by atoms with Crippen LogP contribution in [0.5, 0.6) is 11.5 Å². The van der Waals surface area contributed by atoms with Gasteiger partial charge in [0.1, 0.15) is 11.5 Å². The van der Waals surface area contributed by atoms with Crippen molar-refractivity contribution in [1.82, 2.24) is 19.8 Å². The lowest BCUT2D eigenvalue weighted by Crippen LogP contribution is -2.25. The largest absolute Gasteiger partial charge is 0.414 e. The molecule has 4 aromatic rings. The van der Waals surface area contributed by atoms with E-state index in [0.717, 1.165) is 52.2 Å². The maximum absolute atomic E-state index is 12.0. The van der Waals surface area contributed by atoms with E-state index in [0.29, 0.717) is 11.5 Å². The standard InChI is InChI=1S/C27H28N4O4.2BrH/c1-30(2)26(32)34-24-12-5-8-18-20(24)14-16-28-22(18)10-7-11-23-19-9-6-13-25(21(19)15-17-29-23)35-27(33)31(3)4;;/h5-6,8-9,12-17H,7,10-11H2,1-4H3;2*1H. The predicted molar refractivity (Wildman–Crippen MR) is 156 cm³/mol. The molecule has 0 N–H and O–H groups in total. The molecule has 0 bridgehead atoms. The molecule has 0 fully saturated rings. The minimum Gasteiger partial charge on any atom is -0.410 e. The maximum atomic E-state index is 12.0. The van der Waals surface area contributed by atoms with Gasteiger partial charge in [-0.2, -0.15) is 0 Å². The van der Waals surface area contributed by atoms with E-state index in [4.69, 9.17) is 9.47 Å². The third-order valence-electron chi connectivity index (χ3n) is 5.65. The van der Waals surface area contributed by atoms with Crippen LogP contribution in [0.2, 0.25) is 0 Å². The van der Waals surface area contributed by atoms with Crippen LogP contribution in [0.4, 0.5) is 9.59 Å². The second-order valence-electron chi connectivity index (χ2n) is 8.60. The molecule has 0 radical (unpaired) electrons. The van der Waals surface area contributed by atoms with Gasteiger partial charge in [-0.25, -0.2) is 9.59 Å². The van der Waals surface area contributed by atoms with Crippen molar-refractivity contribution in [3.05, 3.63) is 72.3 Å². The second kappa shape index (κ2) is 13.3. The monoisotopic (exact) mass is 632 g/mol. The number of halogens is 2. The summed E-state index contributed by atoms with van der Waals surface area (Å²) in [5.41, 5.74) is 1.87. The van der Waals surface area contributed by atoms with Crippen LogP contribution in [-0.2, 0) is 12.8 Å². The molecule has 0 saturated carbocycles. The van der Waals surface area contributed by atoms with Gasteiger partial charge in [0.15, 0.2) is 0 Å². The van der Waals surface area contributed by atoms with Gasteiger partial charge in [0.25, 0.3) is 0 Å². The lowest BCUT2D eigenvalue weighted by atomic mass is 10.0. The zero-order valence-electron chi connectivity index (χ0n) is 21.1. The van der Waals surface area contributed by atoms with Crippen LogP contribution in [0.1, 0.15) is 17.8 Å². The molecule has 196 valence electrons. The Morgan fingerprint density at radius 3 is 1.43 bits per heavy atom. The Balaban J connectivity index is 0.00000241. The van der Waals surface area contributed by atoms with Gasteiger partial charge in [-0.3, -0.25) is 9.97 Å². The van der Waals surface area contributed by atoms with Crippen LogP contribution in [0.3, 0.4) is 0 Å². The normalized spacial score (nSPS) is 10.3. The van der Waals surface area contributed by atoms with Gasteiger partial charge in [-0.05, 0) is 43.5 Å². The van der Waals surface area contributed by atoms with Crippen LogP contribution in [-0.4, -0.2) is 60.1 Å². The number of rotatable bonds is 6. The first-order chi connectivity index (χ1) is 16.8. The van der Waals surface area contributed by atoms with Crippen molar-refractivity contribution < 1.29 is 19.1 Å². The quantitative estimate of drug-likeness (QED) is 0.250. The van der Waals surface area contributed by atoms with E-state index >= 15 is 0 Å². The highest BCUT2D eigenvalue weighted by Gasteiger charge is 2.14. The molecule has 0 saturated heterocycles. The van der Waals surface area contributed by atoms with Gasteiger partial charge in [0.2, 0.25) is 0 Å². The highest BCUT2D eigenvalue weighted by Crippen LogP contribution is 2.30. The molecule has 0 spiro atoms. The molecule has 2 amide bonds. The molecule has 0 unspecified atom stereocenters. The highest BCUT2D eigenvalue weighted by atomic mass is 79.9. The fourth-order valence-electron chi connectivity index (χ4n) is 3.85. The Morgan fingerprint density at radius 2 is 1.05 bits per heavy atom. The van der Waals surface area contributed by atoms with Gasteiger partial charge in [-0.15, -0.1) is 34.0 Å². The molecule has 10 heteroatoms. The van der Waals surface area contributed by atoms with Crippen molar-refractivity contribution in [2.24, 2.45) is 0 Å². The van der Waals surface area contributed by atoms with Crippen molar-refractivity contribution in [2.75, 3.05) is 28.2 Å². The summed E-state index contributed by atoms with van der Waals surface area (Å²) in [6.45, 7) is 0. The zero-order chi connectivity index (χ0) is 24.9. The zero-order valence-corrected chi connectivity index (χ0v) is 24.6. The fraction of sp³-hybridized carbons (Fsp3) is 0.259. The third-order valence-corrected chi connectivity index (χ3v) is 5.65. The molecule has 2 aromatic heterocycles. The molecule has 8 nitrogen and oxygen atoms in total. The summed E-state index contributed by atoms with van der Waals surface area (Å²) in [4.78, 5) is 36.0. The molecular weight excluding hydrogens is 604 g/mol. The van der Waals surface area contributed by atoms with Crippen molar-refractivity contribution in [3.8, 4) is 11.5 Å². The molecule has 0 aliphatic carbocycles. The third kappa shape index (κ3) is 6.95. The van der Waals surface area contributed by atoms with Gasteiger partial charge in [0.05, 0.1) is 0 Å². The number of hydrogen-bond acceptors (Lipinski definition) is 6. The average Bonchev–Trinajstić information content (AvgIpc) is 2.84. The van der Waals surface area contributed by atoms with E-state index in [2.05, 4.69) is 9.97 Å². The Kier molecular flexibility index (Phi) is 10.8. The van der Waals surface area contributed by atoms with E-state index in [1.807, 2.05) is 36.4 Å². The van der Waals surface area contributed by atoms with E-state index in [1.54, 1.807) is 52.7 Å².